The van der Waals surface area contributed by atoms with E-state index in [9.17, 15) is 19.2 Å². The predicted octanol–water partition coefficient (Wildman–Crippen LogP) is 19.1. The van der Waals surface area contributed by atoms with Gasteiger partial charge in [-0.3, -0.25) is 0 Å². The Labute approximate surface area is 491 Å². The van der Waals surface area contributed by atoms with Crippen LogP contribution in [0.4, 0.5) is 19.2 Å². The first-order valence-electron chi connectivity index (χ1n) is 29.7. The molecular weight excluding hydrogens is 1030 g/mol. The van der Waals surface area contributed by atoms with Crippen LogP contribution in [0.3, 0.4) is 0 Å². The average Bonchev–Trinajstić information content (AvgIpc) is 2.24. The van der Waals surface area contributed by atoms with Gasteiger partial charge in [-0.15, -0.1) is 0 Å². The molecule has 82 heavy (non-hydrogen) atoms. The fourth-order valence-electron chi connectivity index (χ4n) is 13.5. The van der Waals surface area contributed by atoms with E-state index in [1.54, 1.807) is 0 Å². The van der Waals surface area contributed by atoms with Crippen molar-refractivity contribution in [2.75, 3.05) is 0 Å². The highest BCUT2D eigenvalue weighted by atomic mass is 16.7. The number of carbonyl (C=O) groups is 4. The summed E-state index contributed by atoms with van der Waals surface area (Å²) in [6.07, 6.45) is 5.60. The molecule has 0 aliphatic heterocycles. The Morgan fingerprint density at radius 3 is 0.720 bits per heavy atom. The fraction of sp³-hybridized carbons (Fsp3) is 0.600. The number of aryl methyl sites for hydroxylation is 8. The van der Waals surface area contributed by atoms with E-state index in [0.29, 0.717) is 40.8 Å². The van der Waals surface area contributed by atoms with Crippen LogP contribution in [0.1, 0.15) is 228 Å². The monoisotopic (exact) mass is 1130 g/mol. The number of hydrogen-bond donors (Lipinski definition) is 0. The summed E-state index contributed by atoms with van der Waals surface area (Å²) in [5.41, 5.74) is 7.76. The smallest absolute Gasteiger partial charge is 0.428 e. The zero-order valence-electron chi connectivity index (χ0n) is 54.1. The minimum absolute atomic E-state index is 0.00568. The van der Waals surface area contributed by atoms with Gasteiger partial charge in [0.15, 0.2) is 0 Å². The highest BCUT2D eigenvalue weighted by molar-refractivity contribution is 5.69. The summed E-state index contributed by atoms with van der Waals surface area (Å²) < 4.78 is 46.0. The number of carbonyl (C=O) groups excluding carboxylic acids is 4. The first kappa shape index (κ1) is 65.1. The van der Waals surface area contributed by atoms with Crippen molar-refractivity contribution in [1.82, 2.24) is 0 Å². The largest absolute Gasteiger partial charge is 0.514 e. The van der Waals surface area contributed by atoms with E-state index in [1.807, 2.05) is 138 Å². The lowest BCUT2D eigenvalue weighted by Gasteiger charge is -2.54. The maximum atomic E-state index is 13.1. The lowest BCUT2D eigenvalue weighted by Crippen LogP contribution is -2.45. The molecule has 2 aliphatic carbocycles. The van der Waals surface area contributed by atoms with E-state index in [1.165, 1.54) is 0 Å². The molecule has 450 valence electrons. The van der Waals surface area contributed by atoms with E-state index in [-0.39, 0.29) is 5.41 Å². The molecule has 6 rings (SSSR count). The van der Waals surface area contributed by atoms with E-state index in [0.717, 1.165) is 125 Å². The molecule has 4 aromatic carbocycles. The third-order valence-electron chi connectivity index (χ3n) is 16.7. The lowest BCUT2D eigenvalue weighted by molar-refractivity contribution is 0.00299. The SMILES string of the molecule is Cc1cc(C2(c3cc(C)c(OC(=O)OC(C)(C)C)c(C)c3)CCC(C(C)(CC(C)C)C3CCC(c4cc(C)c(OC(=O)OC(C)(C)C)c(C)c4)(c4cc(C)c(OC(=O)OC(C)(C)C)c(C)c4)CC3)CC2)cc(C)c1OC(=O)OC(C)(C)C. The molecule has 0 amide bonds. The van der Waals surface area contributed by atoms with Gasteiger partial charge in [0.05, 0.1) is 0 Å². The molecule has 2 fully saturated rings. The molecule has 0 radical (unpaired) electrons. The Hall–Kier alpha value is -6.04. The van der Waals surface area contributed by atoms with Gasteiger partial charge in [0.25, 0.3) is 0 Å². The van der Waals surface area contributed by atoms with Crippen molar-refractivity contribution < 1.29 is 57.1 Å². The van der Waals surface area contributed by atoms with Crippen LogP contribution in [0.5, 0.6) is 23.0 Å². The molecule has 2 saturated carbocycles. The molecular formula is C70H98O12. The van der Waals surface area contributed by atoms with Crippen molar-refractivity contribution >= 4 is 24.6 Å². The normalized spacial score (nSPS) is 16.3. The third kappa shape index (κ3) is 15.6. The van der Waals surface area contributed by atoms with Gasteiger partial charge >= 0.3 is 24.6 Å². The van der Waals surface area contributed by atoms with Crippen LogP contribution in [-0.2, 0) is 29.8 Å². The number of benzene rings is 4. The van der Waals surface area contributed by atoms with Crippen LogP contribution >= 0.6 is 0 Å². The molecule has 4 aromatic rings. The van der Waals surface area contributed by atoms with Gasteiger partial charge in [-0.2, -0.15) is 0 Å². The van der Waals surface area contributed by atoms with Crippen molar-refractivity contribution in [1.29, 1.82) is 0 Å². The van der Waals surface area contributed by atoms with Crippen molar-refractivity contribution in [3.63, 3.8) is 0 Å². The topological polar surface area (TPSA) is 142 Å². The first-order valence-corrected chi connectivity index (χ1v) is 29.7. The lowest BCUT2D eigenvalue weighted by atomic mass is 9.51. The van der Waals surface area contributed by atoms with Crippen LogP contribution in [0.25, 0.3) is 0 Å². The molecule has 12 heteroatoms. The second-order valence-corrected chi connectivity index (χ2v) is 28.8. The van der Waals surface area contributed by atoms with Gasteiger partial charge in [-0.1, -0.05) is 69.3 Å². The van der Waals surface area contributed by atoms with Crippen molar-refractivity contribution in [2.24, 2.45) is 23.2 Å². The summed E-state index contributed by atoms with van der Waals surface area (Å²) >= 11 is 0. The van der Waals surface area contributed by atoms with Gasteiger partial charge in [-0.25, -0.2) is 19.2 Å². The van der Waals surface area contributed by atoms with Crippen LogP contribution in [0.2, 0.25) is 0 Å². The van der Waals surface area contributed by atoms with Crippen molar-refractivity contribution in [3.8, 4) is 23.0 Å². The molecule has 12 nitrogen and oxygen atoms in total. The van der Waals surface area contributed by atoms with Gasteiger partial charge in [0, 0.05) is 10.8 Å². The zero-order chi connectivity index (χ0) is 61.5. The summed E-state index contributed by atoms with van der Waals surface area (Å²) in [6.45, 7) is 45.1. The predicted molar refractivity (Wildman–Crippen MR) is 324 cm³/mol. The molecule has 0 spiro atoms. The van der Waals surface area contributed by atoms with E-state index >= 15 is 0 Å². The molecule has 0 saturated heterocycles. The van der Waals surface area contributed by atoms with E-state index < -0.39 is 57.9 Å². The van der Waals surface area contributed by atoms with Crippen LogP contribution in [0, 0.1) is 78.6 Å². The number of rotatable bonds is 12. The minimum Gasteiger partial charge on any atom is -0.428 e. The molecule has 0 heterocycles. The van der Waals surface area contributed by atoms with E-state index in [4.69, 9.17) is 37.9 Å². The number of ether oxygens (including phenoxy) is 8. The first-order chi connectivity index (χ1) is 37.6. The average molecular weight is 1130 g/mol. The minimum atomic E-state index is -0.737. The maximum Gasteiger partial charge on any atom is 0.514 e. The summed E-state index contributed by atoms with van der Waals surface area (Å²) in [5.74, 6) is 3.28. The van der Waals surface area contributed by atoms with Gasteiger partial charge < -0.3 is 37.9 Å². The second-order valence-electron chi connectivity index (χ2n) is 28.8. The molecule has 0 atom stereocenters. The Morgan fingerprint density at radius 2 is 0.561 bits per heavy atom. The van der Waals surface area contributed by atoms with Gasteiger partial charge in [0.1, 0.15) is 45.4 Å². The van der Waals surface area contributed by atoms with Gasteiger partial charge in [-0.05, 0) is 286 Å². The van der Waals surface area contributed by atoms with Crippen LogP contribution < -0.4 is 18.9 Å². The highest BCUT2D eigenvalue weighted by Crippen LogP contribution is 2.60. The highest BCUT2D eigenvalue weighted by Gasteiger charge is 2.51. The second kappa shape index (κ2) is 24.3. The van der Waals surface area contributed by atoms with Gasteiger partial charge in [0.2, 0.25) is 0 Å². The Kier molecular flexibility index (Phi) is 19.3. The molecule has 0 bridgehead atoms. The molecule has 0 aromatic heterocycles. The molecule has 0 unspecified atom stereocenters. The van der Waals surface area contributed by atoms with E-state index in [2.05, 4.69) is 69.3 Å². The third-order valence-corrected chi connectivity index (χ3v) is 16.7. The maximum absolute atomic E-state index is 13.1. The standard InChI is InChI=1S/C70H98O12/c1-41(2)40-68(23,50-24-28-69(29-25-50,52-32-42(3)56(43(4)33-52)75-60(71)79-64(11,12)13)53-34-44(5)57(45(6)35-53)76-61(72)80-65(14,15)16)51-26-30-70(31-27-51,54-36-46(7)58(47(8)37-54)77-62(73)81-66(17,18)19)55-38-48(9)59(49(10)39-55)78-63(74)82-67(20,21)22/h32-39,41,50-51H,24-31,40H2,1-23H3. The molecule has 0 N–H and O–H groups in total. The van der Waals surface area contributed by atoms with Crippen molar-refractivity contribution in [2.45, 2.75) is 250 Å². The quantitative estimate of drug-likeness (QED) is 0.0757. The summed E-state index contributed by atoms with van der Waals surface area (Å²) in [5, 5.41) is 0. The van der Waals surface area contributed by atoms with Crippen molar-refractivity contribution in [3.05, 3.63) is 115 Å². The summed E-state index contributed by atoms with van der Waals surface area (Å²) in [6, 6.07) is 17.5. The zero-order valence-corrected chi connectivity index (χ0v) is 54.1. The molecule has 2 aliphatic rings. The fourth-order valence-corrected chi connectivity index (χ4v) is 13.5. The number of hydrogen-bond acceptors (Lipinski definition) is 12. The van der Waals surface area contributed by atoms with Crippen LogP contribution in [-0.4, -0.2) is 47.0 Å². The summed E-state index contributed by atoms with van der Waals surface area (Å²) in [4.78, 5) is 52.3. The Bertz CT molecular complexity index is 2540. The Balaban J connectivity index is 1.40. The summed E-state index contributed by atoms with van der Waals surface area (Å²) in [7, 11) is 0. The van der Waals surface area contributed by atoms with Crippen LogP contribution in [0.15, 0.2) is 48.5 Å². The Morgan fingerprint density at radius 1 is 0.378 bits per heavy atom.